The normalized spacial score (nSPS) is 19.6. The van der Waals surface area contributed by atoms with E-state index in [0.29, 0.717) is 6.04 Å². The van der Waals surface area contributed by atoms with E-state index in [1.165, 1.54) is 19.3 Å². The van der Waals surface area contributed by atoms with Crippen molar-refractivity contribution in [1.29, 1.82) is 0 Å². The Balaban J connectivity index is 1.91. The maximum absolute atomic E-state index is 6.22. The summed E-state index contributed by atoms with van der Waals surface area (Å²) in [5.41, 5.74) is 9.18. The van der Waals surface area contributed by atoms with E-state index < -0.39 is 0 Å². The van der Waals surface area contributed by atoms with Gasteiger partial charge in [-0.25, -0.2) is 0 Å². The number of nitrogen functional groups attached to an aromatic ring is 1. The van der Waals surface area contributed by atoms with Crippen molar-refractivity contribution in [3.63, 3.8) is 0 Å². The third-order valence-electron chi connectivity index (χ3n) is 3.84. The molecule has 0 unspecified atom stereocenters. The van der Waals surface area contributed by atoms with E-state index in [4.69, 9.17) is 5.73 Å². The van der Waals surface area contributed by atoms with E-state index in [2.05, 4.69) is 34.2 Å². The van der Waals surface area contributed by atoms with Crippen molar-refractivity contribution in [2.45, 2.75) is 32.2 Å². The lowest BCUT2D eigenvalue weighted by atomic mass is 10.0. The number of rotatable bonds is 2. The van der Waals surface area contributed by atoms with Gasteiger partial charge in [0.2, 0.25) is 0 Å². The van der Waals surface area contributed by atoms with E-state index in [9.17, 15) is 0 Å². The second kappa shape index (κ2) is 4.91. The van der Waals surface area contributed by atoms with E-state index in [1.54, 1.807) is 12.7 Å². The SMILES string of the molecule is C[C@@H]1CCCCN1c1ccc(-n2cnnc2)cc1N. The molecule has 19 heavy (non-hydrogen) atoms. The molecular weight excluding hydrogens is 238 g/mol. The molecule has 1 aliphatic heterocycles. The highest BCUT2D eigenvalue weighted by molar-refractivity contribution is 5.71. The molecule has 0 amide bonds. The van der Waals surface area contributed by atoms with E-state index in [0.717, 1.165) is 23.6 Å². The Morgan fingerprint density at radius 2 is 2.00 bits per heavy atom. The Labute approximate surface area is 113 Å². The molecule has 3 rings (SSSR count). The van der Waals surface area contributed by atoms with Crippen molar-refractivity contribution >= 4 is 11.4 Å². The van der Waals surface area contributed by atoms with Gasteiger partial charge in [0.25, 0.3) is 0 Å². The second-order valence-corrected chi connectivity index (χ2v) is 5.15. The fourth-order valence-corrected chi connectivity index (χ4v) is 2.75. The predicted octanol–water partition coefficient (Wildman–Crippen LogP) is 2.23. The van der Waals surface area contributed by atoms with Crippen LogP contribution in [0.5, 0.6) is 0 Å². The van der Waals surface area contributed by atoms with Crippen LogP contribution in [0.15, 0.2) is 30.9 Å². The monoisotopic (exact) mass is 257 g/mol. The molecule has 0 bridgehead atoms. The largest absolute Gasteiger partial charge is 0.397 e. The van der Waals surface area contributed by atoms with Crippen LogP contribution in [0.4, 0.5) is 11.4 Å². The minimum atomic E-state index is 0.566. The van der Waals surface area contributed by atoms with E-state index in [-0.39, 0.29) is 0 Å². The molecule has 100 valence electrons. The van der Waals surface area contributed by atoms with Gasteiger partial charge in [-0.2, -0.15) is 0 Å². The van der Waals surface area contributed by atoms with Crippen molar-refractivity contribution < 1.29 is 0 Å². The van der Waals surface area contributed by atoms with Gasteiger partial charge in [0.15, 0.2) is 0 Å². The van der Waals surface area contributed by atoms with Crippen LogP contribution in [0, 0.1) is 0 Å². The Kier molecular flexibility index (Phi) is 3.11. The standard InChI is InChI=1S/C14H19N5/c1-11-4-2-3-7-19(11)14-6-5-12(8-13(14)15)18-9-16-17-10-18/h5-6,8-11H,2-4,7,15H2,1H3/t11-/m1/s1. The minimum Gasteiger partial charge on any atom is -0.397 e. The number of hydrogen-bond acceptors (Lipinski definition) is 4. The number of piperidine rings is 1. The molecule has 1 saturated heterocycles. The topological polar surface area (TPSA) is 60.0 Å². The highest BCUT2D eigenvalue weighted by Crippen LogP contribution is 2.30. The van der Waals surface area contributed by atoms with Crippen LogP contribution in [0.2, 0.25) is 0 Å². The highest BCUT2D eigenvalue weighted by Gasteiger charge is 2.20. The smallest absolute Gasteiger partial charge is 0.123 e. The highest BCUT2D eigenvalue weighted by atomic mass is 15.2. The zero-order chi connectivity index (χ0) is 13.2. The lowest BCUT2D eigenvalue weighted by Gasteiger charge is -2.36. The molecule has 2 aromatic rings. The van der Waals surface area contributed by atoms with Crippen molar-refractivity contribution in [3.8, 4) is 5.69 Å². The first-order chi connectivity index (χ1) is 9.25. The van der Waals surface area contributed by atoms with Crippen LogP contribution in [-0.2, 0) is 0 Å². The molecule has 2 heterocycles. The molecule has 1 atom stereocenters. The van der Waals surface area contributed by atoms with E-state index >= 15 is 0 Å². The van der Waals surface area contributed by atoms with Crippen LogP contribution in [0.3, 0.4) is 0 Å². The van der Waals surface area contributed by atoms with Gasteiger partial charge in [-0.15, -0.1) is 10.2 Å². The van der Waals surface area contributed by atoms with E-state index in [1.807, 2.05) is 10.6 Å². The molecular formula is C14H19N5. The first-order valence-electron chi connectivity index (χ1n) is 6.77. The fourth-order valence-electron chi connectivity index (χ4n) is 2.75. The minimum absolute atomic E-state index is 0.566. The number of nitrogens with zero attached hydrogens (tertiary/aromatic N) is 4. The average molecular weight is 257 g/mol. The third-order valence-corrected chi connectivity index (χ3v) is 3.84. The van der Waals surface area contributed by atoms with Crippen LogP contribution < -0.4 is 10.6 Å². The summed E-state index contributed by atoms with van der Waals surface area (Å²) in [6, 6.07) is 6.72. The summed E-state index contributed by atoms with van der Waals surface area (Å²) in [5.74, 6) is 0. The summed E-state index contributed by atoms with van der Waals surface area (Å²) in [5, 5.41) is 7.63. The molecule has 1 aromatic carbocycles. The molecule has 0 radical (unpaired) electrons. The van der Waals surface area contributed by atoms with Crippen LogP contribution in [0.1, 0.15) is 26.2 Å². The molecule has 5 nitrogen and oxygen atoms in total. The third kappa shape index (κ3) is 2.28. The van der Waals surface area contributed by atoms with Crippen LogP contribution in [-0.4, -0.2) is 27.4 Å². The molecule has 1 aliphatic rings. The summed E-state index contributed by atoms with van der Waals surface area (Å²) in [7, 11) is 0. The van der Waals surface area contributed by atoms with Gasteiger partial charge in [-0.05, 0) is 44.4 Å². The maximum atomic E-state index is 6.22. The van der Waals surface area contributed by atoms with Gasteiger partial charge in [-0.1, -0.05) is 0 Å². The number of anilines is 2. The predicted molar refractivity (Wildman–Crippen MR) is 76.4 cm³/mol. The van der Waals surface area contributed by atoms with Crippen molar-refractivity contribution in [1.82, 2.24) is 14.8 Å². The Hall–Kier alpha value is -2.04. The molecule has 1 fully saturated rings. The van der Waals surface area contributed by atoms with Gasteiger partial charge in [0.05, 0.1) is 17.1 Å². The molecule has 0 aliphatic carbocycles. The van der Waals surface area contributed by atoms with Gasteiger partial charge < -0.3 is 10.6 Å². The molecule has 0 saturated carbocycles. The number of hydrogen-bond donors (Lipinski definition) is 1. The zero-order valence-corrected chi connectivity index (χ0v) is 11.2. The maximum Gasteiger partial charge on any atom is 0.123 e. The van der Waals surface area contributed by atoms with Crippen molar-refractivity contribution in [2.24, 2.45) is 0 Å². The van der Waals surface area contributed by atoms with Crippen molar-refractivity contribution in [3.05, 3.63) is 30.9 Å². The van der Waals surface area contributed by atoms with Gasteiger partial charge in [0, 0.05) is 12.6 Å². The number of nitrogens with two attached hydrogens (primary N) is 1. The zero-order valence-electron chi connectivity index (χ0n) is 11.2. The summed E-state index contributed by atoms with van der Waals surface area (Å²) < 4.78 is 1.86. The lowest BCUT2D eigenvalue weighted by molar-refractivity contribution is 0.485. The first-order valence-corrected chi connectivity index (χ1v) is 6.77. The quantitative estimate of drug-likeness (QED) is 0.838. The summed E-state index contributed by atoms with van der Waals surface area (Å²) in [6.07, 6.45) is 7.16. The second-order valence-electron chi connectivity index (χ2n) is 5.15. The summed E-state index contributed by atoms with van der Waals surface area (Å²) in [6.45, 7) is 3.36. The van der Waals surface area contributed by atoms with Crippen LogP contribution in [0.25, 0.3) is 5.69 Å². The number of aromatic nitrogens is 3. The molecule has 0 spiro atoms. The van der Waals surface area contributed by atoms with Gasteiger partial charge >= 0.3 is 0 Å². The molecule has 5 heteroatoms. The Bertz CT molecular complexity index is 549. The first kappa shape index (κ1) is 12.0. The lowest BCUT2D eigenvalue weighted by Crippen LogP contribution is -2.37. The average Bonchev–Trinajstić information content (AvgIpc) is 2.94. The molecule has 2 N–H and O–H groups in total. The fraction of sp³-hybridized carbons (Fsp3) is 0.429. The molecule has 1 aromatic heterocycles. The Morgan fingerprint density at radius 1 is 1.21 bits per heavy atom. The summed E-state index contributed by atoms with van der Waals surface area (Å²) in [4.78, 5) is 2.41. The van der Waals surface area contributed by atoms with Gasteiger partial charge in [-0.3, -0.25) is 4.57 Å². The van der Waals surface area contributed by atoms with Gasteiger partial charge in [0.1, 0.15) is 12.7 Å². The Morgan fingerprint density at radius 3 is 2.68 bits per heavy atom. The van der Waals surface area contributed by atoms with Crippen molar-refractivity contribution in [2.75, 3.05) is 17.2 Å². The van der Waals surface area contributed by atoms with Crippen LogP contribution >= 0.6 is 0 Å². The number of benzene rings is 1. The summed E-state index contributed by atoms with van der Waals surface area (Å²) >= 11 is 0.